The second-order valence-electron chi connectivity index (χ2n) is 6.18. The minimum absolute atomic E-state index is 0.0764. The van der Waals surface area contributed by atoms with Crippen molar-refractivity contribution in [1.29, 1.82) is 0 Å². The fourth-order valence-electron chi connectivity index (χ4n) is 2.81. The molecular formula is C19H24N2OS. The molecule has 0 saturated carbocycles. The number of nitrogens with zero attached hydrogens (tertiary/aromatic N) is 2. The molecule has 3 rings (SSSR count). The highest BCUT2D eigenvalue weighted by Gasteiger charge is 2.24. The van der Waals surface area contributed by atoms with Gasteiger partial charge < -0.3 is 9.64 Å². The van der Waals surface area contributed by atoms with Crippen LogP contribution in [0.3, 0.4) is 0 Å². The molecule has 3 nitrogen and oxygen atoms in total. The molecule has 1 atom stereocenters. The van der Waals surface area contributed by atoms with Gasteiger partial charge in [0.25, 0.3) is 0 Å². The minimum Gasteiger partial charge on any atom is -0.368 e. The van der Waals surface area contributed by atoms with Crippen LogP contribution < -0.4 is 0 Å². The van der Waals surface area contributed by atoms with Crippen molar-refractivity contribution in [3.63, 3.8) is 0 Å². The van der Waals surface area contributed by atoms with Crippen molar-refractivity contribution in [1.82, 2.24) is 4.90 Å². The lowest BCUT2D eigenvalue weighted by molar-refractivity contribution is 0.0721. The average molecular weight is 328 g/mol. The Kier molecular flexibility index (Phi) is 4.83. The molecule has 0 spiro atoms. The molecule has 0 aliphatic carbocycles. The van der Waals surface area contributed by atoms with Gasteiger partial charge in [-0.15, -0.1) is 11.3 Å². The Hall–Kier alpha value is -1.65. The zero-order chi connectivity index (χ0) is 16.4. The first-order valence-electron chi connectivity index (χ1n) is 8.13. The van der Waals surface area contributed by atoms with Crippen LogP contribution in [0.15, 0.2) is 28.6 Å². The molecular weight excluding hydrogens is 304 g/mol. The van der Waals surface area contributed by atoms with Crippen molar-refractivity contribution in [3.05, 3.63) is 50.7 Å². The molecule has 0 fully saturated rings. The van der Waals surface area contributed by atoms with Gasteiger partial charge in [0.05, 0.1) is 18.6 Å². The third-order valence-electron chi connectivity index (χ3n) is 4.30. The molecule has 2 heterocycles. The smallest absolute Gasteiger partial charge is 0.117 e. The number of rotatable bonds is 4. The van der Waals surface area contributed by atoms with Crippen LogP contribution in [0.1, 0.15) is 40.2 Å². The van der Waals surface area contributed by atoms with Gasteiger partial charge in [0.1, 0.15) is 6.10 Å². The summed E-state index contributed by atoms with van der Waals surface area (Å²) in [6, 6.07) is 6.73. The third kappa shape index (κ3) is 3.48. The highest BCUT2D eigenvalue weighted by Crippen LogP contribution is 2.38. The Morgan fingerprint density at radius 2 is 2.17 bits per heavy atom. The largest absolute Gasteiger partial charge is 0.368 e. The van der Waals surface area contributed by atoms with Gasteiger partial charge in [0.15, 0.2) is 0 Å². The van der Waals surface area contributed by atoms with Gasteiger partial charge >= 0.3 is 0 Å². The second kappa shape index (κ2) is 6.85. The summed E-state index contributed by atoms with van der Waals surface area (Å²) in [6.45, 7) is 8.12. The number of aryl methyl sites for hydroxylation is 2. The van der Waals surface area contributed by atoms with Gasteiger partial charge in [-0.25, -0.2) is 4.99 Å². The Morgan fingerprint density at radius 1 is 1.35 bits per heavy atom. The van der Waals surface area contributed by atoms with E-state index in [1.54, 1.807) is 11.3 Å². The maximum absolute atomic E-state index is 6.08. The van der Waals surface area contributed by atoms with Crippen LogP contribution in [0, 0.1) is 13.8 Å². The molecule has 1 aromatic heterocycles. The van der Waals surface area contributed by atoms with Crippen molar-refractivity contribution in [2.45, 2.75) is 33.3 Å². The van der Waals surface area contributed by atoms with Gasteiger partial charge in [0.2, 0.25) is 0 Å². The van der Waals surface area contributed by atoms with Gasteiger partial charge in [-0.05, 0) is 67.0 Å². The molecule has 0 bridgehead atoms. The standard InChI is InChI=1S/C19H24N2OS/c1-5-21(4)12-20-17-10-15-6-7-22-19(16(15)9-14(17)3)18-8-13(2)11-23-18/h8-12,19H,5-7H2,1-4H3/b20-12+. The van der Waals surface area contributed by atoms with E-state index in [2.05, 4.69) is 54.2 Å². The Labute approximate surface area is 142 Å². The maximum Gasteiger partial charge on any atom is 0.117 e. The SMILES string of the molecule is CCN(C)/C=N/c1cc2c(cc1C)C(c1cc(C)cs1)OCC2. The molecule has 0 amide bonds. The molecule has 1 aliphatic rings. The van der Waals surface area contributed by atoms with Gasteiger partial charge in [-0.1, -0.05) is 6.07 Å². The van der Waals surface area contributed by atoms with E-state index in [0.717, 1.165) is 25.3 Å². The van der Waals surface area contributed by atoms with Crippen molar-refractivity contribution >= 4 is 23.4 Å². The maximum atomic E-state index is 6.08. The summed E-state index contributed by atoms with van der Waals surface area (Å²) in [5.41, 5.74) is 6.24. The van der Waals surface area contributed by atoms with Crippen molar-refractivity contribution in [3.8, 4) is 0 Å². The average Bonchev–Trinajstić information content (AvgIpc) is 2.98. The molecule has 1 aliphatic heterocycles. The molecule has 0 radical (unpaired) electrons. The van der Waals surface area contributed by atoms with E-state index in [4.69, 9.17) is 4.74 Å². The molecule has 1 unspecified atom stereocenters. The van der Waals surface area contributed by atoms with Crippen molar-refractivity contribution < 1.29 is 4.74 Å². The zero-order valence-corrected chi connectivity index (χ0v) is 15.1. The summed E-state index contributed by atoms with van der Waals surface area (Å²) in [5, 5.41) is 2.19. The van der Waals surface area contributed by atoms with Crippen LogP contribution in [-0.4, -0.2) is 31.4 Å². The van der Waals surface area contributed by atoms with E-state index in [1.165, 1.54) is 27.1 Å². The summed E-state index contributed by atoms with van der Waals surface area (Å²) in [5.74, 6) is 0. The number of fused-ring (bicyclic) bond motifs is 1. The predicted octanol–water partition coefficient (Wildman–Crippen LogP) is 4.64. The Morgan fingerprint density at radius 3 is 2.87 bits per heavy atom. The van der Waals surface area contributed by atoms with Gasteiger partial charge in [0, 0.05) is 18.5 Å². The van der Waals surface area contributed by atoms with Crippen LogP contribution in [-0.2, 0) is 11.2 Å². The van der Waals surface area contributed by atoms with E-state index < -0.39 is 0 Å². The molecule has 23 heavy (non-hydrogen) atoms. The normalized spacial score (nSPS) is 17.5. The number of aliphatic imine (C=N–C) groups is 1. The lowest BCUT2D eigenvalue weighted by Crippen LogP contribution is -2.17. The number of benzene rings is 1. The first-order valence-corrected chi connectivity index (χ1v) is 9.01. The number of ether oxygens (including phenoxy) is 1. The first kappa shape index (κ1) is 16.2. The summed E-state index contributed by atoms with van der Waals surface area (Å²) in [6.07, 6.45) is 2.95. The summed E-state index contributed by atoms with van der Waals surface area (Å²) in [7, 11) is 2.04. The quantitative estimate of drug-likeness (QED) is 0.603. The van der Waals surface area contributed by atoms with E-state index in [1.807, 2.05) is 13.4 Å². The zero-order valence-electron chi connectivity index (χ0n) is 14.3. The summed E-state index contributed by atoms with van der Waals surface area (Å²) < 4.78 is 6.08. The first-order chi connectivity index (χ1) is 11.1. The van der Waals surface area contributed by atoms with Gasteiger partial charge in [-0.2, -0.15) is 0 Å². The van der Waals surface area contributed by atoms with Crippen LogP contribution in [0.2, 0.25) is 0 Å². The highest BCUT2D eigenvalue weighted by atomic mass is 32.1. The van der Waals surface area contributed by atoms with Crippen LogP contribution in [0.5, 0.6) is 0 Å². The predicted molar refractivity (Wildman–Crippen MR) is 98.2 cm³/mol. The third-order valence-corrected chi connectivity index (χ3v) is 5.39. The summed E-state index contributed by atoms with van der Waals surface area (Å²) in [4.78, 5) is 8.03. The van der Waals surface area contributed by atoms with Crippen LogP contribution in [0.4, 0.5) is 5.69 Å². The lowest BCUT2D eigenvalue weighted by Gasteiger charge is -2.26. The fraction of sp³-hybridized carbons (Fsp3) is 0.421. The van der Waals surface area contributed by atoms with Crippen LogP contribution in [0.25, 0.3) is 0 Å². The van der Waals surface area contributed by atoms with E-state index in [9.17, 15) is 0 Å². The monoisotopic (exact) mass is 328 g/mol. The molecule has 4 heteroatoms. The van der Waals surface area contributed by atoms with Crippen molar-refractivity contribution in [2.75, 3.05) is 20.2 Å². The summed E-state index contributed by atoms with van der Waals surface area (Å²) >= 11 is 1.79. The molecule has 1 aromatic carbocycles. The topological polar surface area (TPSA) is 24.8 Å². The molecule has 122 valence electrons. The van der Waals surface area contributed by atoms with E-state index in [-0.39, 0.29) is 6.10 Å². The number of thiophene rings is 1. The molecule has 0 N–H and O–H groups in total. The molecule has 0 saturated heterocycles. The van der Waals surface area contributed by atoms with E-state index >= 15 is 0 Å². The highest BCUT2D eigenvalue weighted by molar-refractivity contribution is 7.10. The second-order valence-corrected chi connectivity index (χ2v) is 7.13. The fourth-order valence-corrected chi connectivity index (χ4v) is 3.77. The van der Waals surface area contributed by atoms with Crippen LogP contribution >= 0.6 is 11.3 Å². The van der Waals surface area contributed by atoms with E-state index in [0.29, 0.717) is 0 Å². The van der Waals surface area contributed by atoms with Gasteiger partial charge in [-0.3, -0.25) is 0 Å². The van der Waals surface area contributed by atoms with Crippen molar-refractivity contribution in [2.24, 2.45) is 4.99 Å². The number of hydrogen-bond acceptors (Lipinski definition) is 3. The Balaban J connectivity index is 1.95. The Bertz CT molecular complexity index is 720. The lowest BCUT2D eigenvalue weighted by atomic mass is 9.93. The minimum atomic E-state index is 0.0764. The molecule has 2 aromatic rings. The number of hydrogen-bond donors (Lipinski definition) is 0.